The van der Waals surface area contributed by atoms with E-state index in [-0.39, 0.29) is 10.6 Å². The highest BCUT2D eigenvalue weighted by Gasteiger charge is 2.26. The van der Waals surface area contributed by atoms with Gasteiger partial charge in [-0.3, -0.25) is 0 Å². The number of rotatable bonds is 0. The first kappa shape index (κ1) is 8.69. The molecule has 13 heavy (non-hydrogen) atoms. The van der Waals surface area contributed by atoms with E-state index in [9.17, 15) is 12.8 Å². The molecule has 0 N–H and O–H groups in total. The molecule has 0 saturated heterocycles. The van der Waals surface area contributed by atoms with Gasteiger partial charge in [0.05, 0.1) is 10.6 Å². The van der Waals surface area contributed by atoms with Gasteiger partial charge in [0, 0.05) is 0 Å². The normalized spacial score (nSPS) is 18.6. The molecule has 0 radical (unpaired) electrons. The SMILES string of the molecule is Cc1cc2c(cc1F)S(=O)(=O)CC2. The van der Waals surface area contributed by atoms with E-state index < -0.39 is 15.7 Å². The molecule has 1 aromatic rings. The molecule has 1 heterocycles. The van der Waals surface area contributed by atoms with Crippen LogP contribution in [-0.4, -0.2) is 14.2 Å². The predicted octanol–water partition coefficient (Wildman–Crippen LogP) is 1.46. The quantitative estimate of drug-likeness (QED) is 0.635. The van der Waals surface area contributed by atoms with Gasteiger partial charge in [0.25, 0.3) is 0 Å². The van der Waals surface area contributed by atoms with Crippen LogP contribution in [0.2, 0.25) is 0 Å². The van der Waals surface area contributed by atoms with Crippen molar-refractivity contribution in [3.8, 4) is 0 Å². The molecule has 0 saturated carbocycles. The van der Waals surface area contributed by atoms with E-state index >= 15 is 0 Å². The van der Waals surface area contributed by atoms with Crippen molar-refractivity contribution >= 4 is 9.84 Å². The second-order valence-electron chi connectivity index (χ2n) is 3.28. The smallest absolute Gasteiger partial charge is 0.179 e. The second-order valence-corrected chi connectivity index (χ2v) is 5.36. The zero-order chi connectivity index (χ0) is 9.64. The van der Waals surface area contributed by atoms with Gasteiger partial charge in [0.2, 0.25) is 0 Å². The molecule has 1 aliphatic heterocycles. The maximum Gasteiger partial charge on any atom is 0.179 e. The molecule has 1 aromatic carbocycles. The summed E-state index contributed by atoms with van der Waals surface area (Å²) in [5.74, 6) is -0.324. The standard InChI is InChI=1S/C9H9FO2S/c1-6-4-7-2-3-13(11,12)9(7)5-8(6)10/h4-5H,2-3H2,1H3. The number of sulfone groups is 1. The Hall–Kier alpha value is -0.900. The highest BCUT2D eigenvalue weighted by molar-refractivity contribution is 7.91. The lowest BCUT2D eigenvalue weighted by atomic mass is 10.1. The third kappa shape index (κ3) is 1.25. The summed E-state index contributed by atoms with van der Waals surface area (Å²) in [6.07, 6.45) is 0.513. The Morgan fingerprint density at radius 1 is 1.38 bits per heavy atom. The van der Waals surface area contributed by atoms with Gasteiger partial charge in [0.1, 0.15) is 5.82 Å². The third-order valence-corrected chi connectivity index (χ3v) is 4.11. The van der Waals surface area contributed by atoms with Crippen LogP contribution in [0.1, 0.15) is 11.1 Å². The maximum absolute atomic E-state index is 13.1. The molecule has 2 rings (SSSR count). The second kappa shape index (κ2) is 2.54. The van der Waals surface area contributed by atoms with Crippen molar-refractivity contribution in [2.24, 2.45) is 0 Å². The predicted molar refractivity (Wildman–Crippen MR) is 46.9 cm³/mol. The molecule has 0 atom stereocenters. The zero-order valence-corrected chi connectivity index (χ0v) is 7.99. The van der Waals surface area contributed by atoms with Crippen LogP contribution in [0, 0.1) is 12.7 Å². The number of hydrogen-bond donors (Lipinski definition) is 0. The van der Waals surface area contributed by atoms with Gasteiger partial charge in [-0.15, -0.1) is 0 Å². The van der Waals surface area contributed by atoms with Gasteiger partial charge in [-0.1, -0.05) is 6.07 Å². The van der Waals surface area contributed by atoms with Gasteiger partial charge in [0.15, 0.2) is 9.84 Å². The number of aryl methyl sites for hydroxylation is 2. The topological polar surface area (TPSA) is 34.1 Å². The first-order valence-electron chi connectivity index (χ1n) is 4.02. The third-order valence-electron chi connectivity index (χ3n) is 2.32. The van der Waals surface area contributed by atoms with Crippen LogP contribution in [0.15, 0.2) is 17.0 Å². The van der Waals surface area contributed by atoms with Crippen LogP contribution in [0.25, 0.3) is 0 Å². The maximum atomic E-state index is 13.1. The molecule has 0 bridgehead atoms. The van der Waals surface area contributed by atoms with E-state index in [2.05, 4.69) is 0 Å². The van der Waals surface area contributed by atoms with Crippen molar-refractivity contribution < 1.29 is 12.8 Å². The van der Waals surface area contributed by atoms with Crippen LogP contribution < -0.4 is 0 Å². The van der Waals surface area contributed by atoms with E-state index in [0.717, 1.165) is 11.6 Å². The lowest BCUT2D eigenvalue weighted by Crippen LogP contribution is -1.99. The van der Waals surface area contributed by atoms with Crippen LogP contribution in [-0.2, 0) is 16.3 Å². The van der Waals surface area contributed by atoms with Crippen molar-refractivity contribution in [2.75, 3.05) is 5.75 Å². The lowest BCUT2D eigenvalue weighted by molar-refractivity contribution is 0.593. The monoisotopic (exact) mass is 200 g/mol. The fourth-order valence-electron chi connectivity index (χ4n) is 1.56. The van der Waals surface area contributed by atoms with Crippen molar-refractivity contribution in [3.63, 3.8) is 0 Å². The molecule has 2 nitrogen and oxygen atoms in total. The van der Waals surface area contributed by atoms with Gasteiger partial charge in [-0.2, -0.15) is 0 Å². The highest BCUT2D eigenvalue weighted by atomic mass is 32.2. The van der Waals surface area contributed by atoms with Crippen LogP contribution in [0.4, 0.5) is 4.39 Å². The van der Waals surface area contributed by atoms with Gasteiger partial charge >= 0.3 is 0 Å². The number of benzene rings is 1. The summed E-state index contributed by atoms with van der Waals surface area (Å²) in [5.41, 5.74) is 1.26. The molecular formula is C9H9FO2S. The number of fused-ring (bicyclic) bond motifs is 1. The Balaban J connectivity index is 2.75. The number of hydrogen-bond acceptors (Lipinski definition) is 2. The fraction of sp³-hybridized carbons (Fsp3) is 0.333. The molecule has 0 spiro atoms. The Kier molecular flexibility index (Phi) is 1.70. The first-order valence-corrected chi connectivity index (χ1v) is 5.68. The molecule has 4 heteroatoms. The minimum atomic E-state index is -3.18. The zero-order valence-electron chi connectivity index (χ0n) is 7.17. The van der Waals surface area contributed by atoms with Crippen LogP contribution in [0.5, 0.6) is 0 Å². The van der Waals surface area contributed by atoms with E-state index in [0.29, 0.717) is 12.0 Å². The van der Waals surface area contributed by atoms with E-state index in [4.69, 9.17) is 0 Å². The Morgan fingerprint density at radius 3 is 2.77 bits per heavy atom. The summed E-state index contributed by atoms with van der Waals surface area (Å²) >= 11 is 0. The molecule has 0 unspecified atom stereocenters. The average Bonchev–Trinajstić information content (AvgIpc) is 2.31. The van der Waals surface area contributed by atoms with Crippen LogP contribution in [0.3, 0.4) is 0 Å². The van der Waals surface area contributed by atoms with Gasteiger partial charge < -0.3 is 0 Å². The van der Waals surface area contributed by atoms with Crippen molar-refractivity contribution in [1.29, 1.82) is 0 Å². The summed E-state index contributed by atoms with van der Waals surface area (Å²) in [5, 5.41) is 0. The molecule has 0 amide bonds. The average molecular weight is 200 g/mol. The Labute approximate surface area is 76.3 Å². The first-order chi connectivity index (χ1) is 6.00. The number of halogens is 1. The lowest BCUT2D eigenvalue weighted by Gasteiger charge is -2.00. The minimum Gasteiger partial charge on any atom is -0.224 e. The minimum absolute atomic E-state index is 0.116. The molecule has 70 valence electrons. The Bertz CT molecular complexity index is 463. The largest absolute Gasteiger partial charge is 0.224 e. The Morgan fingerprint density at radius 2 is 2.08 bits per heavy atom. The highest BCUT2D eigenvalue weighted by Crippen LogP contribution is 2.27. The summed E-state index contributed by atoms with van der Waals surface area (Å²) in [6.45, 7) is 1.64. The molecule has 0 fully saturated rings. The fourth-order valence-corrected chi connectivity index (χ4v) is 3.11. The molecule has 1 aliphatic rings. The summed E-state index contributed by atoms with van der Waals surface area (Å²) in [6, 6.07) is 2.75. The van der Waals surface area contributed by atoms with Gasteiger partial charge in [-0.05, 0) is 30.5 Å². The molecule has 0 aromatic heterocycles. The van der Waals surface area contributed by atoms with E-state index in [1.165, 1.54) is 0 Å². The summed E-state index contributed by atoms with van der Waals surface area (Å²) in [4.78, 5) is 0.176. The molecule has 0 aliphatic carbocycles. The van der Waals surface area contributed by atoms with E-state index in [1.807, 2.05) is 0 Å². The van der Waals surface area contributed by atoms with Crippen LogP contribution >= 0.6 is 0 Å². The molecular weight excluding hydrogens is 191 g/mol. The van der Waals surface area contributed by atoms with Crippen molar-refractivity contribution in [2.45, 2.75) is 18.2 Å². The van der Waals surface area contributed by atoms with E-state index in [1.54, 1.807) is 13.0 Å². The van der Waals surface area contributed by atoms with Crippen molar-refractivity contribution in [1.82, 2.24) is 0 Å². The summed E-state index contributed by atoms with van der Waals surface area (Å²) in [7, 11) is -3.18. The van der Waals surface area contributed by atoms with Crippen molar-refractivity contribution in [3.05, 3.63) is 29.1 Å². The van der Waals surface area contributed by atoms with Gasteiger partial charge in [-0.25, -0.2) is 12.8 Å². The summed E-state index contributed by atoms with van der Waals surface area (Å²) < 4.78 is 35.8.